The van der Waals surface area contributed by atoms with Crippen LogP contribution in [0.15, 0.2) is 29.3 Å². The number of halogens is 1. The summed E-state index contributed by atoms with van der Waals surface area (Å²) in [4.78, 5) is 8.57. The second kappa shape index (κ2) is 5.10. The molecule has 2 aromatic heterocycles. The Morgan fingerprint density at radius 2 is 2.33 bits per heavy atom. The SMILES string of the molecule is Brc1nc(COc2cccnc2)c2n1CCCC2. The van der Waals surface area contributed by atoms with Gasteiger partial charge in [0, 0.05) is 18.4 Å². The maximum absolute atomic E-state index is 5.71. The molecule has 0 bridgehead atoms. The average Bonchev–Trinajstić information content (AvgIpc) is 2.75. The van der Waals surface area contributed by atoms with E-state index in [1.165, 1.54) is 18.5 Å². The van der Waals surface area contributed by atoms with Crippen molar-refractivity contribution < 1.29 is 4.74 Å². The van der Waals surface area contributed by atoms with Gasteiger partial charge < -0.3 is 9.30 Å². The van der Waals surface area contributed by atoms with Gasteiger partial charge in [0.2, 0.25) is 0 Å². The normalized spacial score (nSPS) is 14.3. The number of imidazole rings is 1. The fourth-order valence-corrected chi connectivity index (χ4v) is 2.88. The predicted molar refractivity (Wildman–Crippen MR) is 71.4 cm³/mol. The summed E-state index contributed by atoms with van der Waals surface area (Å²) >= 11 is 3.51. The molecule has 1 aliphatic rings. The minimum Gasteiger partial charge on any atom is -0.486 e. The molecule has 0 atom stereocenters. The average molecular weight is 308 g/mol. The minimum atomic E-state index is 0.507. The first-order valence-corrected chi connectivity index (χ1v) is 6.90. The highest BCUT2D eigenvalue weighted by atomic mass is 79.9. The quantitative estimate of drug-likeness (QED) is 0.875. The Balaban J connectivity index is 1.77. The number of ether oxygens (including phenoxy) is 1. The first-order valence-electron chi connectivity index (χ1n) is 6.11. The second-order valence-corrected chi connectivity index (χ2v) is 5.07. The van der Waals surface area contributed by atoms with E-state index in [1.54, 1.807) is 12.4 Å². The highest BCUT2D eigenvalue weighted by Crippen LogP contribution is 2.24. The van der Waals surface area contributed by atoms with Crippen molar-refractivity contribution in [1.82, 2.24) is 14.5 Å². The van der Waals surface area contributed by atoms with E-state index in [0.717, 1.165) is 29.1 Å². The Morgan fingerprint density at radius 1 is 1.39 bits per heavy atom. The number of nitrogens with zero attached hydrogens (tertiary/aromatic N) is 3. The Bertz CT molecular complexity index is 539. The monoisotopic (exact) mass is 307 g/mol. The van der Waals surface area contributed by atoms with Crippen LogP contribution in [0.5, 0.6) is 5.75 Å². The van der Waals surface area contributed by atoms with Crippen LogP contribution in [0.1, 0.15) is 24.2 Å². The van der Waals surface area contributed by atoms with Gasteiger partial charge in [0.25, 0.3) is 0 Å². The van der Waals surface area contributed by atoms with Crippen LogP contribution in [-0.2, 0) is 19.6 Å². The van der Waals surface area contributed by atoms with Crippen molar-refractivity contribution in [3.8, 4) is 5.75 Å². The van der Waals surface area contributed by atoms with Crippen LogP contribution < -0.4 is 4.74 Å². The molecule has 1 aliphatic heterocycles. The van der Waals surface area contributed by atoms with E-state index in [0.29, 0.717) is 6.61 Å². The molecule has 0 spiro atoms. The molecule has 0 N–H and O–H groups in total. The Kier molecular flexibility index (Phi) is 3.32. The van der Waals surface area contributed by atoms with Crippen molar-refractivity contribution in [3.05, 3.63) is 40.6 Å². The molecule has 4 nitrogen and oxygen atoms in total. The lowest BCUT2D eigenvalue weighted by atomic mass is 10.1. The van der Waals surface area contributed by atoms with Gasteiger partial charge in [0.1, 0.15) is 18.1 Å². The van der Waals surface area contributed by atoms with Gasteiger partial charge in [-0.2, -0.15) is 0 Å². The zero-order valence-corrected chi connectivity index (χ0v) is 11.6. The molecule has 0 saturated carbocycles. The van der Waals surface area contributed by atoms with Crippen molar-refractivity contribution in [2.75, 3.05) is 0 Å². The van der Waals surface area contributed by atoms with Crippen LogP contribution in [-0.4, -0.2) is 14.5 Å². The molecule has 3 rings (SSSR count). The molecular formula is C13H14BrN3O. The van der Waals surface area contributed by atoms with Crippen molar-refractivity contribution in [3.63, 3.8) is 0 Å². The third-order valence-corrected chi connectivity index (χ3v) is 3.77. The molecule has 3 heterocycles. The first kappa shape index (κ1) is 11.7. The van der Waals surface area contributed by atoms with E-state index in [4.69, 9.17) is 4.74 Å². The maximum Gasteiger partial charge on any atom is 0.177 e. The number of hydrogen-bond donors (Lipinski definition) is 0. The summed E-state index contributed by atoms with van der Waals surface area (Å²) in [5.41, 5.74) is 2.34. The summed E-state index contributed by atoms with van der Waals surface area (Å²) in [7, 11) is 0. The zero-order chi connectivity index (χ0) is 12.4. The van der Waals surface area contributed by atoms with E-state index in [-0.39, 0.29) is 0 Å². The summed E-state index contributed by atoms with van der Waals surface area (Å²) in [6, 6.07) is 3.78. The van der Waals surface area contributed by atoms with Crippen molar-refractivity contribution in [1.29, 1.82) is 0 Å². The number of aromatic nitrogens is 3. The summed E-state index contributed by atoms with van der Waals surface area (Å²) in [6.45, 7) is 1.56. The van der Waals surface area contributed by atoms with Crippen LogP contribution in [0.4, 0.5) is 0 Å². The fourth-order valence-electron chi connectivity index (χ4n) is 2.27. The van der Waals surface area contributed by atoms with Gasteiger partial charge >= 0.3 is 0 Å². The molecule has 5 heteroatoms. The third kappa shape index (κ3) is 2.27. The van der Waals surface area contributed by atoms with Gasteiger partial charge in [0.15, 0.2) is 4.73 Å². The second-order valence-electron chi connectivity index (χ2n) is 4.36. The molecule has 0 radical (unpaired) electrons. The first-order chi connectivity index (χ1) is 8.84. The molecule has 2 aromatic rings. The lowest BCUT2D eigenvalue weighted by molar-refractivity contribution is 0.298. The van der Waals surface area contributed by atoms with Gasteiger partial charge in [-0.15, -0.1) is 0 Å². The number of rotatable bonds is 3. The smallest absolute Gasteiger partial charge is 0.177 e. The minimum absolute atomic E-state index is 0.507. The van der Waals surface area contributed by atoms with Gasteiger partial charge in [-0.25, -0.2) is 4.98 Å². The summed E-state index contributed by atoms with van der Waals surface area (Å²) in [5.74, 6) is 0.784. The molecule has 0 saturated heterocycles. The molecular weight excluding hydrogens is 294 g/mol. The van der Waals surface area contributed by atoms with Gasteiger partial charge in [-0.1, -0.05) is 0 Å². The van der Waals surface area contributed by atoms with Crippen LogP contribution >= 0.6 is 15.9 Å². The van der Waals surface area contributed by atoms with E-state index in [2.05, 4.69) is 30.5 Å². The maximum atomic E-state index is 5.71. The molecule has 94 valence electrons. The van der Waals surface area contributed by atoms with Crippen molar-refractivity contribution in [2.24, 2.45) is 0 Å². The molecule has 0 aliphatic carbocycles. The topological polar surface area (TPSA) is 39.9 Å². The van der Waals surface area contributed by atoms with Crippen molar-refractivity contribution >= 4 is 15.9 Å². The van der Waals surface area contributed by atoms with Gasteiger partial charge in [0.05, 0.1) is 6.20 Å². The Hall–Kier alpha value is -1.36. The van der Waals surface area contributed by atoms with Crippen LogP contribution in [0.25, 0.3) is 0 Å². The number of fused-ring (bicyclic) bond motifs is 1. The molecule has 0 aromatic carbocycles. The predicted octanol–water partition coefficient (Wildman–Crippen LogP) is 2.96. The number of hydrogen-bond acceptors (Lipinski definition) is 3. The Labute approximate surface area is 114 Å². The summed E-state index contributed by atoms with van der Waals surface area (Å²) in [5, 5.41) is 0. The fraction of sp³-hybridized carbons (Fsp3) is 0.385. The largest absolute Gasteiger partial charge is 0.486 e. The van der Waals surface area contributed by atoms with Gasteiger partial charge in [-0.05, 0) is 47.3 Å². The van der Waals surface area contributed by atoms with E-state index in [9.17, 15) is 0 Å². The van der Waals surface area contributed by atoms with Gasteiger partial charge in [-0.3, -0.25) is 4.98 Å². The van der Waals surface area contributed by atoms with E-state index >= 15 is 0 Å². The lowest BCUT2D eigenvalue weighted by Gasteiger charge is -2.16. The lowest BCUT2D eigenvalue weighted by Crippen LogP contribution is -2.11. The highest BCUT2D eigenvalue weighted by molar-refractivity contribution is 9.10. The van der Waals surface area contributed by atoms with E-state index in [1.807, 2.05) is 12.1 Å². The Morgan fingerprint density at radius 3 is 3.17 bits per heavy atom. The summed E-state index contributed by atoms with van der Waals surface area (Å²) in [6.07, 6.45) is 7.01. The zero-order valence-electron chi connectivity index (χ0n) is 9.97. The summed E-state index contributed by atoms with van der Waals surface area (Å²) < 4.78 is 8.87. The van der Waals surface area contributed by atoms with Crippen LogP contribution in [0, 0.1) is 0 Å². The molecule has 0 fully saturated rings. The highest BCUT2D eigenvalue weighted by Gasteiger charge is 2.18. The van der Waals surface area contributed by atoms with E-state index < -0.39 is 0 Å². The molecule has 0 amide bonds. The molecule has 0 unspecified atom stereocenters. The van der Waals surface area contributed by atoms with Crippen molar-refractivity contribution in [2.45, 2.75) is 32.4 Å². The molecule has 18 heavy (non-hydrogen) atoms. The van der Waals surface area contributed by atoms with Crippen LogP contribution in [0.2, 0.25) is 0 Å². The van der Waals surface area contributed by atoms with Crippen LogP contribution in [0.3, 0.4) is 0 Å². The third-order valence-electron chi connectivity index (χ3n) is 3.16. The number of pyridine rings is 1. The standard InChI is InChI=1S/C13H14BrN3O/c14-13-16-11(12-5-1-2-7-17(12)13)9-18-10-4-3-6-15-8-10/h3-4,6,8H,1-2,5,7,9H2.